The summed E-state index contributed by atoms with van der Waals surface area (Å²) in [5.41, 5.74) is 2.55. The molecule has 2 nitrogen and oxygen atoms in total. The summed E-state index contributed by atoms with van der Waals surface area (Å²) in [4.78, 5) is 15.3. The molecule has 2 unspecified atom stereocenters. The van der Waals surface area contributed by atoms with Gasteiger partial charge in [-0.05, 0) is 44.6 Å². The van der Waals surface area contributed by atoms with E-state index in [-0.39, 0.29) is 0 Å². The quantitative estimate of drug-likeness (QED) is 0.768. The van der Waals surface area contributed by atoms with Crippen LogP contribution in [0, 0.1) is 6.92 Å². The summed E-state index contributed by atoms with van der Waals surface area (Å²) in [6, 6.07) is 9.47. The number of rotatable bonds is 3. The van der Waals surface area contributed by atoms with Gasteiger partial charge in [0.15, 0.2) is 0 Å². The highest BCUT2D eigenvalue weighted by Crippen LogP contribution is 2.38. The molecule has 0 spiro atoms. The van der Waals surface area contributed by atoms with E-state index in [1.165, 1.54) is 24.0 Å². The Balaban J connectivity index is 1.60. The molecule has 2 atom stereocenters. The Hall–Kier alpha value is -0.830. The van der Waals surface area contributed by atoms with Crippen LogP contribution in [0.4, 0.5) is 0 Å². The second-order valence-corrected chi connectivity index (χ2v) is 7.54. The van der Waals surface area contributed by atoms with Crippen LogP contribution in [0.3, 0.4) is 0 Å². The Morgan fingerprint density at radius 2 is 2.00 bits per heavy atom. The highest BCUT2D eigenvalue weighted by molar-refractivity contribution is 9.09. The highest BCUT2D eigenvalue weighted by atomic mass is 79.9. The summed E-state index contributed by atoms with van der Waals surface area (Å²) in [6.45, 7) is 2.10. The zero-order valence-corrected chi connectivity index (χ0v) is 13.6. The van der Waals surface area contributed by atoms with Crippen LogP contribution in [-0.4, -0.2) is 27.7 Å². The van der Waals surface area contributed by atoms with E-state index in [0.29, 0.717) is 29.2 Å². The van der Waals surface area contributed by atoms with Crippen molar-refractivity contribution in [2.24, 2.45) is 0 Å². The predicted molar refractivity (Wildman–Crippen MR) is 85.1 cm³/mol. The number of alkyl halides is 1. The topological polar surface area (TPSA) is 20.3 Å². The normalized spacial score (nSPS) is 28.7. The number of nitrogens with zero attached hydrogens (tertiary/aromatic N) is 1. The second kappa shape index (κ2) is 5.88. The van der Waals surface area contributed by atoms with Crippen molar-refractivity contribution in [3.63, 3.8) is 0 Å². The van der Waals surface area contributed by atoms with Gasteiger partial charge in [0.05, 0.1) is 0 Å². The SMILES string of the molecule is Cc1cccc(CCC(=O)N2C3CCC2CC(Br)C3)c1. The maximum absolute atomic E-state index is 12.5. The Morgan fingerprint density at radius 1 is 1.30 bits per heavy atom. The first-order valence-corrected chi connectivity index (χ1v) is 8.56. The van der Waals surface area contributed by atoms with Crippen molar-refractivity contribution in [1.82, 2.24) is 4.90 Å². The van der Waals surface area contributed by atoms with Crippen molar-refractivity contribution in [2.45, 2.75) is 62.4 Å². The molecule has 108 valence electrons. The molecule has 3 heteroatoms. The lowest BCUT2D eigenvalue weighted by atomic mass is 10.0. The van der Waals surface area contributed by atoms with Gasteiger partial charge in [-0.15, -0.1) is 0 Å². The lowest BCUT2D eigenvalue weighted by molar-refractivity contribution is -0.135. The Morgan fingerprint density at radius 3 is 2.65 bits per heavy atom. The van der Waals surface area contributed by atoms with Crippen LogP contribution in [-0.2, 0) is 11.2 Å². The van der Waals surface area contributed by atoms with E-state index >= 15 is 0 Å². The second-order valence-electron chi connectivity index (χ2n) is 6.24. The fourth-order valence-corrected chi connectivity index (χ4v) is 4.63. The van der Waals surface area contributed by atoms with Crippen molar-refractivity contribution in [3.05, 3.63) is 35.4 Å². The number of carbonyl (C=O) groups excluding carboxylic acids is 1. The van der Waals surface area contributed by atoms with Crippen molar-refractivity contribution in [1.29, 1.82) is 0 Å². The van der Waals surface area contributed by atoms with Gasteiger partial charge in [0.25, 0.3) is 0 Å². The number of halogens is 1. The van der Waals surface area contributed by atoms with Gasteiger partial charge in [0, 0.05) is 23.3 Å². The zero-order chi connectivity index (χ0) is 14.1. The van der Waals surface area contributed by atoms with Crippen molar-refractivity contribution >= 4 is 21.8 Å². The Bertz CT molecular complexity index is 488. The average Bonchev–Trinajstić information content (AvgIpc) is 2.68. The largest absolute Gasteiger partial charge is 0.337 e. The van der Waals surface area contributed by atoms with E-state index in [9.17, 15) is 4.79 Å². The number of piperidine rings is 1. The van der Waals surface area contributed by atoms with Crippen LogP contribution < -0.4 is 0 Å². The third-order valence-electron chi connectivity index (χ3n) is 4.67. The summed E-state index contributed by atoms with van der Waals surface area (Å²) in [7, 11) is 0. The summed E-state index contributed by atoms with van der Waals surface area (Å²) in [5.74, 6) is 0.360. The molecule has 0 saturated carbocycles. The minimum atomic E-state index is 0.360. The number of benzene rings is 1. The van der Waals surface area contributed by atoms with Crippen LogP contribution >= 0.6 is 15.9 Å². The predicted octanol–water partition coefficient (Wildman–Crippen LogP) is 3.84. The van der Waals surface area contributed by atoms with E-state index in [0.717, 1.165) is 19.3 Å². The van der Waals surface area contributed by atoms with Gasteiger partial charge < -0.3 is 4.90 Å². The fraction of sp³-hybridized carbons (Fsp3) is 0.588. The summed E-state index contributed by atoms with van der Waals surface area (Å²) < 4.78 is 0. The molecule has 0 aliphatic carbocycles. The molecule has 0 N–H and O–H groups in total. The van der Waals surface area contributed by atoms with E-state index in [4.69, 9.17) is 0 Å². The molecule has 1 amide bonds. The molecule has 2 bridgehead atoms. The van der Waals surface area contributed by atoms with Gasteiger partial charge in [-0.3, -0.25) is 4.79 Å². The molecular formula is C17H22BrNO. The summed E-state index contributed by atoms with van der Waals surface area (Å²) in [5, 5.41) is 0. The van der Waals surface area contributed by atoms with Crippen molar-refractivity contribution in [3.8, 4) is 0 Å². The number of hydrogen-bond acceptors (Lipinski definition) is 1. The van der Waals surface area contributed by atoms with Crippen LogP contribution in [0.25, 0.3) is 0 Å². The van der Waals surface area contributed by atoms with Gasteiger partial charge >= 0.3 is 0 Å². The van der Waals surface area contributed by atoms with Gasteiger partial charge in [-0.1, -0.05) is 45.8 Å². The third kappa shape index (κ3) is 2.93. The number of carbonyl (C=O) groups is 1. The Kier molecular flexibility index (Phi) is 4.16. The van der Waals surface area contributed by atoms with E-state index < -0.39 is 0 Å². The van der Waals surface area contributed by atoms with Crippen molar-refractivity contribution < 1.29 is 4.79 Å². The Labute approximate surface area is 129 Å². The van der Waals surface area contributed by atoms with Crippen LogP contribution in [0.5, 0.6) is 0 Å². The molecule has 3 rings (SSSR count). The molecule has 2 fully saturated rings. The van der Waals surface area contributed by atoms with E-state index in [2.05, 4.69) is 52.0 Å². The molecule has 1 aromatic rings. The monoisotopic (exact) mass is 335 g/mol. The molecule has 20 heavy (non-hydrogen) atoms. The van der Waals surface area contributed by atoms with Gasteiger partial charge in [0.1, 0.15) is 0 Å². The molecule has 0 aromatic heterocycles. The third-order valence-corrected chi connectivity index (χ3v) is 5.42. The highest BCUT2D eigenvalue weighted by Gasteiger charge is 2.41. The van der Waals surface area contributed by atoms with Gasteiger partial charge in [-0.2, -0.15) is 0 Å². The first-order valence-electron chi connectivity index (χ1n) is 7.64. The maximum atomic E-state index is 12.5. The maximum Gasteiger partial charge on any atom is 0.223 e. The van der Waals surface area contributed by atoms with E-state index in [1.54, 1.807) is 0 Å². The van der Waals surface area contributed by atoms with Gasteiger partial charge in [-0.25, -0.2) is 0 Å². The lowest BCUT2D eigenvalue weighted by Crippen LogP contribution is -2.46. The lowest BCUT2D eigenvalue weighted by Gasteiger charge is -2.37. The van der Waals surface area contributed by atoms with Crippen LogP contribution in [0.1, 0.15) is 43.2 Å². The summed E-state index contributed by atoms with van der Waals surface area (Å²) in [6.07, 6.45) is 6.18. The smallest absolute Gasteiger partial charge is 0.223 e. The fourth-order valence-electron chi connectivity index (χ4n) is 3.77. The van der Waals surface area contributed by atoms with Crippen LogP contribution in [0.2, 0.25) is 0 Å². The minimum absolute atomic E-state index is 0.360. The first kappa shape index (κ1) is 14.1. The molecule has 2 saturated heterocycles. The molecule has 2 heterocycles. The standard InChI is InChI=1S/C17H22BrNO/c1-12-3-2-4-13(9-12)5-8-17(20)19-15-6-7-16(19)11-14(18)10-15/h2-4,9,14-16H,5-8,10-11H2,1H3. The molecular weight excluding hydrogens is 314 g/mol. The van der Waals surface area contributed by atoms with Gasteiger partial charge in [0.2, 0.25) is 5.91 Å². The first-order chi connectivity index (χ1) is 9.63. The molecule has 2 aliphatic heterocycles. The molecule has 1 aromatic carbocycles. The minimum Gasteiger partial charge on any atom is -0.337 e. The summed E-state index contributed by atoms with van der Waals surface area (Å²) >= 11 is 3.73. The van der Waals surface area contributed by atoms with Crippen LogP contribution in [0.15, 0.2) is 24.3 Å². The number of aryl methyl sites for hydroxylation is 2. The average molecular weight is 336 g/mol. The number of hydrogen-bond donors (Lipinski definition) is 0. The number of amides is 1. The molecule has 0 radical (unpaired) electrons. The zero-order valence-electron chi connectivity index (χ0n) is 12.0. The molecule has 2 aliphatic rings. The number of fused-ring (bicyclic) bond motifs is 2. The van der Waals surface area contributed by atoms with Crippen molar-refractivity contribution in [2.75, 3.05) is 0 Å². The van der Waals surface area contributed by atoms with E-state index in [1.807, 2.05) is 0 Å².